The maximum absolute atomic E-state index is 12.9. The average Bonchev–Trinajstić information content (AvgIpc) is 3.45. The van der Waals surface area contributed by atoms with Gasteiger partial charge in [0.05, 0.1) is 13.7 Å². The van der Waals surface area contributed by atoms with Gasteiger partial charge in [0.25, 0.3) is 11.8 Å². The van der Waals surface area contributed by atoms with Crippen molar-refractivity contribution in [3.63, 3.8) is 0 Å². The first-order valence-electron chi connectivity index (χ1n) is 10.9. The summed E-state index contributed by atoms with van der Waals surface area (Å²) in [6.07, 6.45) is 1.47. The molecule has 0 bridgehead atoms. The summed E-state index contributed by atoms with van der Waals surface area (Å²) in [6, 6.07) is 16.4. The number of ether oxygens (including phenoxy) is 2. The average molecular weight is 489 g/mol. The van der Waals surface area contributed by atoms with Gasteiger partial charge in [-0.05, 0) is 43.3 Å². The van der Waals surface area contributed by atoms with Crippen molar-refractivity contribution >= 4 is 35.6 Å². The zero-order valence-corrected chi connectivity index (χ0v) is 19.6. The molecular formula is C26H23N3O7. The quantitative estimate of drug-likeness (QED) is 0.282. The van der Waals surface area contributed by atoms with Crippen LogP contribution in [0.4, 0.5) is 10.5 Å². The van der Waals surface area contributed by atoms with Crippen LogP contribution in [0.1, 0.15) is 27.4 Å². The van der Waals surface area contributed by atoms with Crippen molar-refractivity contribution < 1.29 is 33.1 Å². The SMILES string of the molecule is COC(=O)c1ccc(CN2C(=O)N/C(=C\c3ccccc3OCC(=O)Nc3ccc(C)cc3)C2=O)o1. The lowest BCUT2D eigenvalue weighted by atomic mass is 10.1. The van der Waals surface area contributed by atoms with Crippen molar-refractivity contribution in [3.8, 4) is 5.75 Å². The Morgan fingerprint density at radius 3 is 2.56 bits per heavy atom. The number of nitrogens with one attached hydrogen (secondary N) is 2. The number of methoxy groups -OCH3 is 1. The lowest BCUT2D eigenvalue weighted by Crippen LogP contribution is -2.30. The number of furan rings is 1. The molecule has 0 aliphatic carbocycles. The second kappa shape index (κ2) is 10.6. The van der Waals surface area contributed by atoms with Gasteiger partial charge in [-0.1, -0.05) is 35.9 Å². The Labute approximate surface area is 206 Å². The summed E-state index contributed by atoms with van der Waals surface area (Å²) in [7, 11) is 1.22. The van der Waals surface area contributed by atoms with Crippen LogP contribution < -0.4 is 15.4 Å². The number of carbonyl (C=O) groups excluding carboxylic acids is 4. The van der Waals surface area contributed by atoms with E-state index in [1.54, 1.807) is 36.4 Å². The van der Waals surface area contributed by atoms with E-state index in [0.29, 0.717) is 17.0 Å². The summed E-state index contributed by atoms with van der Waals surface area (Å²) < 4.78 is 15.6. The molecule has 10 nitrogen and oxygen atoms in total. The van der Waals surface area contributed by atoms with Crippen molar-refractivity contribution in [2.75, 3.05) is 19.0 Å². The van der Waals surface area contributed by atoms with E-state index >= 15 is 0 Å². The molecule has 1 aliphatic heterocycles. The Bertz CT molecular complexity index is 1340. The van der Waals surface area contributed by atoms with E-state index in [-0.39, 0.29) is 36.3 Å². The van der Waals surface area contributed by atoms with Gasteiger partial charge in [0.15, 0.2) is 6.61 Å². The first kappa shape index (κ1) is 24.3. The number of imide groups is 1. The van der Waals surface area contributed by atoms with E-state index < -0.39 is 17.9 Å². The van der Waals surface area contributed by atoms with E-state index in [2.05, 4.69) is 15.4 Å². The fourth-order valence-electron chi connectivity index (χ4n) is 3.41. The molecule has 1 saturated heterocycles. The summed E-state index contributed by atoms with van der Waals surface area (Å²) in [5, 5.41) is 5.27. The minimum absolute atomic E-state index is 0.0277. The normalized spacial score (nSPS) is 14.1. The molecule has 4 amide bonds. The minimum atomic E-state index is -0.664. The highest BCUT2D eigenvalue weighted by Crippen LogP contribution is 2.24. The third-order valence-corrected chi connectivity index (χ3v) is 5.24. The van der Waals surface area contributed by atoms with Crippen LogP contribution >= 0.6 is 0 Å². The first-order chi connectivity index (χ1) is 17.3. The van der Waals surface area contributed by atoms with E-state index in [9.17, 15) is 19.2 Å². The number of rotatable bonds is 8. The Morgan fingerprint density at radius 1 is 1.06 bits per heavy atom. The van der Waals surface area contributed by atoms with Gasteiger partial charge < -0.3 is 24.5 Å². The molecule has 184 valence electrons. The largest absolute Gasteiger partial charge is 0.483 e. The number of aryl methyl sites for hydroxylation is 1. The van der Waals surface area contributed by atoms with Crippen LogP contribution in [0.3, 0.4) is 0 Å². The molecule has 1 aromatic heterocycles. The number of para-hydroxylation sites is 1. The van der Waals surface area contributed by atoms with Gasteiger partial charge >= 0.3 is 12.0 Å². The molecule has 10 heteroatoms. The first-order valence-corrected chi connectivity index (χ1v) is 10.9. The highest BCUT2D eigenvalue weighted by atomic mass is 16.5. The van der Waals surface area contributed by atoms with E-state index in [0.717, 1.165) is 10.5 Å². The van der Waals surface area contributed by atoms with E-state index in [1.807, 2.05) is 19.1 Å². The van der Waals surface area contributed by atoms with Crippen molar-refractivity contribution in [2.24, 2.45) is 0 Å². The molecule has 36 heavy (non-hydrogen) atoms. The molecule has 0 atom stereocenters. The molecule has 2 heterocycles. The maximum Gasteiger partial charge on any atom is 0.373 e. The van der Waals surface area contributed by atoms with Crippen molar-refractivity contribution in [3.05, 3.63) is 89.0 Å². The van der Waals surface area contributed by atoms with Crippen LogP contribution in [0.2, 0.25) is 0 Å². The number of esters is 1. The number of anilines is 1. The van der Waals surface area contributed by atoms with Gasteiger partial charge in [-0.25, -0.2) is 9.59 Å². The summed E-state index contributed by atoms with van der Waals surface area (Å²) in [4.78, 5) is 50.1. The van der Waals surface area contributed by atoms with Gasteiger partial charge in [0.1, 0.15) is 17.2 Å². The maximum atomic E-state index is 12.9. The molecule has 1 aliphatic rings. The molecule has 2 aromatic carbocycles. The highest BCUT2D eigenvalue weighted by Gasteiger charge is 2.34. The molecule has 4 rings (SSSR count). The third kappa shape index (κ3) is 5.61. The van der Waals surface area contributed by atoms with Crippen LogP contribution in [-0.4, -0.2) is 42.4 Å². The molecular weight excluding hydrogens is 466 g/mol. The molecule has 1 fully saturated rings. The number of amides is 4. The fourth-order valence-corrected chi connectivity index (χ4v) is 3.41. The van der Waals surface area contributed by atoms with Crippen molar-refractivity contribution in [1.29, 1.82) is 0 Å². The third-order valence-electron chi connectivity index (χ3n) is 5.24. The smallest absolute Gasteiger partial charge is 0.373 e. The van der Waals surface area contributed by atoms with Gasteiger partial charge in [0.2, 0.25) is 5.76 Å². The van der Waals surface area contributed by atoms with Gasteiger partial charge in [-0.3, -0.25) is 14.5 Å². The van der Waals surface area contributed by atoms with Gasteiger partial charge in [0, 0.05) is 11.3 Å². The minimum Gasteiger partial charge on any atom is -0.483 e. The van der Waals surface area contributed by atoms with Crippen molar-refractivity contribution in [2.45, 2.75) is 13.5 Å². The Kier molecular flexibility index (Phi) is 7.15. The number of nitrogens with zero attached hydrogens (tertiary/aromatic N) is 1. The predicted molar refractivity (Wildman–Crippen MR) is 129 cm³/mol. The summed E-state index contributed by atoms with van der Waals surface area (Å²) >= 11 is 0. The molecule has 2 N–H and O–H groups in total. The highest BCUT2D eigenvalue weighted by molar-refractivity contribution is 6.14. The van der Waals surface area contributed by atoms with Gasteiger partial charge in [-0.15, -0.1) is 0 Å². The predicted octanol–water partition coefficient (Wildman–Crippen LogP) is 3.49. The van der Waals surface area contributed by atoms with E-state index in [4.69, 9.17) is 9.15 Å². The number of hydrogen-bond donors (Lipinski definition) is 2. The second-order valence-electron chi connectivity index (χ2n) is 7.88. The molecule has 0 unspecified atom stereocenters. The lowest BCUT2D eigenvalue weighted by Gasteiger charge is -2.10. The topological polar surface area (TPSA) is 127 Å². The van der Waals surface area contributed by atoms with Crippen LogP contribution in [0.25, 0.3) is 6.08 Å². The number of urea groups is 1. The fraction of sp³-hybridized carbons (Fsp3) is 0.154. The molecule has 3 aromatic rings. The second-order valence-corrected chi connectivity index (χ2v) is 7.88. The molecule has 0 saturated carbocycles. The van der Waals surface area contributed by atoms with Crippen LogP contribution in [0.15, 0.2) is 70.8 Å². The number of carbonyl (C=O) groups is 4. The zero-order valence-electron chi connectivity index (χ0n) is 19.6. The Balaban J connectivity index is 1.42. The van der Waals surface area contributed by atoms with Gasteiger partial charge in [-0.2, -0.15) is 0 Å². The lowest BCUT2D eigenvalue weighted by molar-refractivity contribution is -0.123. The number of benzene rings is 2. The van der Waals surface area contributed by atoms with E-state index in [1.165, 1.54) is 25.3 Å². The van der Waals surface area contributed by atoms with Crippen LogP contribution in [0.5, 0.6) is 5.75 Å². The molecule has 0 spiro atoms. The standard InChI is InChI=1S/C26H23N3O7/c1-16-7-9-18(10-8-16)27-23(30)15-35-21-6-4-3-5-17(21)13-20-24(31)29(26(33)28-20)14-19-11-12-22(36-19)25(32)34-2/h3-13H,14-15H2,1-2H3,(H,27,30)(H,28,33)/b20-13-. The van der Waals surface area contributed by atoms with Crippen LogP contribution in [-0.2, 0) is 20.9 Å². The zero-order chi connectivity index (χ0) is 25.7. The summed E-state index contributed by atoms with van der Waals surface area (Å²) in [6.45, 7) is 1.53. The van der Waals surface area contributed by atoms with Crippen LogP contribution in [0, 0.1) is 6.92 Å². The summed E-state index contributed by atoms with van der Waals surface area (Å²) in [5.74, 6) is -1.02. The number of hydrogen-bond acceptors (Lipinski definition) is 7. The van der Waals surface area contributed by atoms with Crippen molar-refractivity contribution in [1.82, 2.24) is 10.2 Å². The summed E-state index contributed by atoms with van der Waals surface area (Å²) in [5.41, 5.74) is 2.25. The molecule has 0 radical (unpaired) electrons. The Morgan fingerprint density at radius 2 is 1.81 bits per heavy atom. The Hall–Kier alpha value is -4.86. The monoisotopic (exact) mass is 489 g/mol.